The summed E-state index contributed by atoms with van der Waals surface area (Å²) in [5, 5.41) is 9.83. The molecule has 0 aliphatic heterocycles. The van der Waals surface area contributed by atoms with Gasteiger partial charge in [-0.2, -0.15) is 18.3 Å². The molecule has 1 unspecified atom stereocenters. The van der Waals surface area contributed by atoms with Gasteiger partial charge in [-0.05, 0) is 30.7 Å². The molecule has 2 N–H and O–H groups in total. The average molecular weight is 442 g/mol. The second kappa shape index (κ2) is 8.47. The molecule has 6 nitrogen and oxygen atoms in total. The minimum atomic E-state index is -4.34. The van der Waals surface area contributed by atoms with E-state index in [-0.39, 0.29) is 41.5 Å². The largest absolute Gasteiger partial charge is 0.389 e. The number of carbonyl (C=O) groups excluding carboxylic acids is 2. The molecular weight excluding hydrogens is 416 g/mol. The number of carbonyl (C=O) groups is 2. The van der Waals surface area contributed by atoms with Crippen LogP contribution >= 0.6 is 0 Å². The maximum atomic E-state index is 14.4. The number of halogens is 4. The second-order valence-corrected chi connectivity index (χ2v) is 8.98. The van der Waals surface area contributed by atoms with Crippen LogP contribution in [0.1, 0.15) is 56.9 Å². The Bertz CT molecular complexity index is 974. The van der Waals surface area contributed by atoms with E-state index in [2.05, 4.69) is 15.7 Å². The lowest BCUT2D eigenvalue weighted by Gasteiger charge is -2.30. The van der Waals surface area contributed by atoms with E-state index < -0.39 is 35.8 Å². The molecule has 1 aliphatic carbocycles. The zero-order chi connectivity index (χ0) is 23.0. The van der Waals surface area contributed by atoms with Gasteiger partial charge in [0.25, 0.3) is 5.91 Å². The lowest BCUT2D eigenvalue weighted by Crippen LogP contribution is -2.54. The van der Waals surface area contributed by atoms with Crippen molar-refractivity contribution in [2.75, 3.05) is 0 Å². The van der Waals surface area contributed by atoms with Crippen molar-refractivity contribution < 1.29 is 27.2 Å². The van der Waals surface area contributed by atoms with Crippen LogP contribution < -0.4 is 10.6 Å². The zero-order valence-electron chi connectivity index (χ0n) is 17.6. The molecule has 31 heavy (non-hydrogen) atoms. The van der Waals surface area contributed by atoms with E-state index in [4.69, 9.17) is 0 Å². The van der Waals surface area contributed by atoms with Gasteiger partial charge < -0.3 is 10.6 Å². The van der Waals surface area contributed by atoms with E-state index in [1.54, 1.807) is 20.8 Å². The molecular formula is C21H26F4N4O2. The Hall–Kier alpha value is -2.65. The molecule has 1 atom stereocenters. The summed E-state index contributed by atoms with van der Waals surface area (Å²) in [5.41, 5.74) is -0.773. The summed E-state index contributed by atoms with van der Waals surface area (Å²) in [6.07, 6.45) is -3.90. The Kier molecular flexibility index (Phi) is 6.29. The van der Waals surface area contributed by atoms with E-state index >= 15 is 0 Å². The van der Waals surface area contributed by atoms with Crippen molar-refractivity contribution in [2.24, 2.45) is 5.41 Å². The highest BCUT2D eigenvalue weighted by molar-refractivity contribution is 6.06. The highest BCUT2D eigenvalue weighted by atomic mass is 19.4. The number of hydrogen-bond donors (Lipinski definition) is 2. The molecule has 10 heteroatoms. The quantitative estimate of drug-likeness (QED) is 0.638. The van der Waals surface area contributed by atoms with Crippen LogP contribution in [0.15, 0.2) is 18.2 Å². The van der Waals surface area contributed by atoms with E-state index in [1.165, 1.54) is 12.1 Å². The van der Waals surface area contributed by atoms with Crippen LogP contribution in [0.5, 0.6) is 0 Å². The predicted molar refractivity (Wildman–Crippen MR) is 107 cm³/mol. The number of aromatic nitrogens is 2. The Labute approximate surface area is 177 Å². The molecule has 1 aliphatic rings. The summed E-state index contributed by atoms with van der Waals surface area (Å²) in [6.45, 7) is 5.21. The minimum Gasteiger partial charge on any atom is -0.352 e. The minimum absolute atomic E-state index is 0.0374. The van der Waals surface area contributed by atoms with Crippen LogP contribution in [-0.4, -0.2) is 39.9 Å². The number of amides is 2. The van der Waals surface area contributed by atoms with Gasteiger partial charge in [0.15, 0.2) is 5.69 Å². The highest BCUT2D eigenvalue weighted by Gasteiger charge is 2.36. The highest BCUT2D eigenvalue weighted by Crippen LogP contribution is 2.27. The van der Waals surface area contributed by atoms with Gasteiger partial charge in [0.2, 0.25) is 5.91 Å². The van der Waals surface area contributed by atoms with Crippen molar-refractivity contribution in [3.8, 4) is 0 Å². The van der Waals surface area contributed by atoms with Crippen LogP contribution in [-0.2, 0) is 11.3 Å². The predicted octanol–water partition coefficient (Wildman–Crippen LogP) is 3.94. The molecule has 0 saturated heterocycles. The van der Waals surface area contributed by atoms with Crippen molar-refractivity contribution in [3.05, 3.63) is 29.7 Å². The van der Waals surface area contributed by atoms with Gasteiger partial charge in [-0.3, -0.25) is 14.3 Å². The van der Waals surface area contributed by atoms with Gasteiger partial charge in [-0.25, -0.2) is 4.39 Å². The monoisotopic (exact) mass is 442 g/mol. The van der Waals surface area contributed by atoms with Gasteiger partial charge in [-0.1, -0.05) is 32.9 Å². The first-order valence-corrected chi connectivity index (χ1v) is 10.2. The number of aryl methyl sites for hydroxylation is 1. The van der Waals surface area contributed by atoms with Crippen molar-refractivity contribution in [3.63, 3.8) is 0 Å². The number of benzene rings is 1. The lowest BCUT2D eigenvalue weighted by atomic mass is 9.86. The number of rotatable bonds is 7. The second-order valence-electron chi connectivity index (χ2n) is 8.98. The topological polar surface area (TPSA) is 76.0 Å². The van der Waals surface area contributed by atoms with E-state index in [9.17, 15) is 27.2 Å². The number of para-hydroxylation sites is 1. The Morgan fingerprint density at radius 2 is 1.90 bits per heavy atom. The number of hydrogen-bond acceptors (Lipinski definition) is 3. The van der Waals surface area contributed by atoms with Gasteiger partial charge in [0.1, 0.15) is 17.4 Å². The van der Waals surface area contributed by atoms with Crippen molar-refractivity contribution in [2.45, 2.75) is 71.3 Å². The van der Waals surface area contributed by atoms with Crippen LogP contribution in [0, 0.1) is 11.2 Å². The molecule has 2 aromatic rings. The summed E-state index contributed by atoms with van der Waals surface area (Å²) in [6, 6.07) is 3.29. The maximum absolute atomic E-state index is 14.4. The zero-order valence-corrected chi connectivity index (χ0v) is 17.6. The lowest BCUT2D eigenvalue weighted by molar-refractivity contribution is -0.136. The molecule has 0 radical (unpaired) electrons. The number of nitrogens with one attached hydrogen (secondary N) is 2. The van der Waals surface area contributed by atoms with Crippen LogP contribution in [0.4, 0.5) is 17.6 Å². The van der Waals surface area contributed by atoms with Gasteiger partial charge >= 0.3 is 6.18 Å². The van der Waals surface area contributed by atoms with Gasteiger partial charge in [0.05, 0.1) is 0 Å². The molecule has 2 amide bonds. The normalized spacial score (nSPS) is 15.7. The first-order valence-electron chi connectivity index (χ1n) is 10.2. The fourth-order valence-corrected chi connectivity index (χ4v) is 3.34. The van der Waals surface area contributed by atoms with Gasteiger partial charge in [-0.15, -0.1) is 0 Å². The van der Waals surface area contributed by atoms with E-state index in [0.29, 0.717) is 0 Å². The molecule has 0 bridgehead atoms. The fourth-order valence-electron chi connectivity index (χ4n) is 3.34. The molecule has 1 saturated carbocycles. The third-order valence-corrected chi connectivity index (χ3v) is 5.09. The Balaban J connectivity index is 1.87. The number of alkyl halides is 3. The SMILES string of the molecule is CC(C)(C)C(NC(=O)c1nn(CCCC(F)(F)F)c2c(F)cccc12)C(=O)NC1CC1. The van der Waals surface area contributed by atoms with Crippen molar-refractivity contribution in [1.82, 2.24) is 20.4 Å². The molecule has 0 spiro atoms. The first kappa shape index (κ1) is 23.0. The first-order chi connectivity index (χ1) is 14.4. The van der Waals surface area contributed by atoms with Crippen molar-refractivity contribution >= 4 is 22.7 Å². The molecule has 3 rings (SSSR count). The van der Waals surface area contributed by atoms with Crippen LogP contribution in [0.25, 0.3) is 10.9 Å². The Morgan fingerprint density at radius 3 is 2.48 bits per heavy atom. The summed E-state index contributed by atoms with van der Waals surface area (Å²) >= 11 is 0. The van der Waals surface area contributed by atoms with E-state index in [1.807, 2.05) is 0 Å². The average Bonchev–Trinajstić information content (AvgIpc) is 3.36. The Morgan fingerprint density at radius 1 is 1.23 bits per heavy atom. The van der Waals surface area contributed by atoms with Crippen molar-refractivity contribution in [1.29, 1.82) is 0 Å². The molecule has 1 heterocycles. The summed E-state index contributed by atoms with van der Waals surface area (Å²) in [7, 11) is 0. The molecule has 1 aromatic carbocycles. The maximum Gasteiger partial charge on any atom is 0.389 e. The summed E-state index contributed by atoms with van der Waals surface area (Å²) < 4.78 is 53.0. The molecule has 1 fully saturated rings. The number of nitrogens with zero attached hydrogens (tertiary/aromatic N) is 2. The molecule has 170 valence electrons. The summed E-state index contributed by atoms with van der Waals surface area (Å²) in [4.78, 5) is 25.7. The third-order valence-electron chi connectivity index (χ3n) is 5.09. The number of fused-ring (bicyclic) bond motifs is 1. The summed E-state index contributed by atoms with van der Waals surface area (Å²) in [5.74, 6) is -1.69. The standard InChI is InChI=1S/C21H26F4N4O2/c1-20(2,3)17(19(31)26-12-8-9-12)27-18(30)15-13-6-4-7-14(22)16(13)29(28-15)11-5-10-21(23,24)25/h4,6-7,12,17H,5,8-11H2,1-3H3,(H,26,31)(H,27,30). The van der Waals surface area contributed by atoms with Gasteiger partial charge in [0, 0.05) is 24.4 Å². The van der Waals surface area contributed by atoms with Crippen LogP contribution in [0.3, 0.4) is 0 Å². The third kappa shape index (κ3) is 5.74. The van der Waals surface area contributed by atoms with Crippen LogP contribution in [0.2, 0.25) is 0 Å². The fraction of sp³-hybridized carbons (Fsp3) is 0.571. The smallest absolute Gasteiger partial charge is 0.352 e. The van der Waals surface area contributed by atoms with E-state index in [0.717, 1.165) is 23.6 Å². The molecule has 1 aromatic heterocycles.